The number of phenolic OH excluding ortho intramolecular Hbond substituents is 1. The summed E-state index contributed by atoms with van der Waals surface area (Å²) in [5.74, 6) is 1.69. The molecule has 112 valence electrons. The second-order valence-corrected chi connectivity index (χ2v) is 6.49. The quantitative estimate of drug-likeness (QED) is 0.806. The van der Waals surface area contributed by atoms with Crippen LogP contribution in [0.3, 0.4) is 0 Å². The first-order valence-corrected chi connectivity index (χ1v) is 7.57. The summed E-state index contributed by atoms with van der Waals surface area (Å²) >= 11 is 0. The summed E-state index contributed by atoms with van der Waals surface area (Å²) in [6.07, 6.45) is 4.28. The molecule has 1 fully saturated rings. The maximum atomic E-state index is 9.48. The van der Waals surface area contributed by atoms with E-state index in [2.05, 4.69) is 35.2 Å². The van der Waals surface area contributed by atoms with Gasteiger partial charge in [0.1, 0.15) is 5.75 Å². The van der Waals surface area contributed by atoms with Crippen molar-refractivity contribution < 1.29 is 5.11 Å². The van der Waals surface area contributed by atoms with Gasteiger partial charge in [-0.05, 0) is 56.4 Å². The third-order valence-electron chi connectivity index (χ3n) is 4.50. The summed E-state index contributed by atoms with van der Waals surface area (Å²) in [6.45, 7) is 4.20. The number of phenols is 1. The normalized spacial score (nSPS) is 15.4. The Morgan fingerprint density at radius 3 is 2.50 bits per heavy atom. The summed E-state index contributed by atoms with van der Waals surface area (Å²) in [5.41, 5.74) is 2.84. The van der Waals surface area contributed by atoms with Crippen LogP contribution in [0.4, 0.5) is 0 Å². The van der Waals surface area contributed by atoms with E-state index in [4.69, 9.17) is 0 Å². The van der Waals surface area contributed by atoms with Gasteiger partial charge in [0.05, 0.1) is 5.41 Å². The second-order valence-electron chi connectivity index (χ2n) is 6.49. The Bertz CT molecular complexity index is 831. The van der Waals surface area contributed by atoms with E-state index < -0.39 is 0 Å². The van der Waals surface area contributed by atoms with Gasteiger partial charge in [-0.3, -0.25) is 0 Å². The lowest BCUT2D eigenvalue weighted by Gasteiger charge is -2.22. The van der Waals surface area contributed by atoms with Crippen molar-refractivity contribution >= 4 is 5.65 Å². The van der Waals surface area contributed by atoms with Gasteiger partial charge in [0.25, 0.3) is 0 Å². The minimum atomic E-state index is -0.345. The minimum Gasteiger partial charge on any atom is -0.508 e. The Kier molecular flexibility index (Phi) is 2.73. The second kappa shape index (κ2) is 4.53. The smallest absolute Gasteiger partial charge is 0.181 e. The number of aromatic hydroxyl groups is 1. The third-order valence-corrected chi connectivity index (χ3v) is 4.50. The molecular formula is C17H18N4O. The maximum Gasteiger partial charge on any atom is 0.181 e. The fraction of sp³-hybridized carbons (Fsp3) is 0.353. The molecule has 1 aliphatic rings. The van der Waals surface area contributed by atoms with Gasteiger partial charge >= 0.3 is 0 Å². The number of benzene rings is 1. The molecule has 0 bridgehead atoms. The monoisotopic (exact) mass is 294 g/mol. The molecule has 0 spiro atoms. The van der Waals surface area contributed by atoms with Gasteiger partial charge in [0.2, 0.25) is 0 Å². The maximum absolute atomic E-state index is 9.48. The number of aromatic nitrogens is 4. The fourth-order valence-electron chi connectivity index (χ4n) is 2.93. The Morgan fingerprint density at radius 1 is 1.09 bits per heavy atom. The largest absolute Gasteiger partial charge is 0.508 e. The zero-order valence-corrected chi connectivity index (χ0v) is 12.7. The highest BCUT2D eigenvalue weighted by molar-refractivity contribution is 5.51. The molecule has 5 nitrogen and oxygen atoms in total. The molecule has 4 rings (SSSR count). The number of hydrogen-bond acceptors (Lipinski definition) is 4. The highest BCUT2D eigenvalue weighted by atomic mass is 16.3. The van der Waals surface area contributed by atoms with E-state index >= 15 is 0 Å². The van der Waals surface area contributed by atoms with Crippen LogP contribution < -0.4 is 0 Å². The predicted octanol–water partition coefficient (Wildman–Crippen LogP) is 3.03. The molecule has 22 heavy (non-hydrogen) atoms. The lowest BCUT2D eigenvalue weighted by atomic mass is 9.84. The van der Waals surface area contributed by atoms with Gasteiger partial charge in [0.15, 0.2) is 11.5 Å². The van der Waals surface area contributed by atoms with Crippen LogP contribution in [0.25, 0.3) is 5.65 Å². The SMILES string of the molecule is CC(C)(c1ccc(O)cc1)c1nnc2c(C3CC3)ccnn12. The average Bonchev–Trinajstić information content (AvgIpc) is 3.25. The third kappa shape index (κ3) is 1.96. The molecule has 2 heterocycles. The van der Waals surface area contributed by atoms with Crippen LogP contribution in [0.1, 0.15) is 49.6 Å². The standard InChI is InChI=1S/C17H18N4O/c1-17(2,12-5-7-13(22)8-6-12)16-20-19-15-14(11-3-4-11)9-10-18-21(15)16/h5-11,22H,3-4H2,1-2H3. The van der Waals surface area contributed by atoms with Gasteiger partial charge in [0, 0.05) is 11.8 Å². The van der Waals surface area contributed by atoms with Crippen LogP contribution in [0.15, 0.2) is 36.5 Å². The van der Waals surface area contributed by atoms with Crippen LogP contribution in [0.2, 0.25) is 0 Å². The molecule has 0 saturated heterocycles. The average molecular weight is 294 g/mol. The minimum absolute atomic E-state index is 0.264. The highest BCUT2D eigenvalue weighted by Crippen LogP contribution is 2.42. The molecule has 3 aromatic rings. The van der Waals surface area contributed by atoms with Gasteiger partial charge in [-0.2, -0.15) is 9.61 Å². The van der Waals surface area contributed by atoms with E-state index in [1.165, 1.54) is 18.4 Å². The van der Waals surface area contributed by atoms with Crippen molar-refractivity contribution in [2.75, 3.05) is 0 Å². The summed E-state index contributed by atoms with van der Waals surface area (Å²) in [6, 6.07) is 9.29. The van der Waals surface area contributed by atoms with E-state index in [1.54, 1.807) is 12.1 Å². The molecule has 0 unspecified atom stereocenters. The van der Waals surface area contributed by atoms with E-state index in [0.717, 1.165) is 17.0 Å². The molecule has 1 saturated carbocycles. The number of hydrogen-bond donors (Lipinski definition) is 1. The molecule has 1 N–H and O–H groups in total. The molecule has 1 aliphatic carbocycles. The van der Waals surface area contributed by atoms with Gasteiger partial charge in [-0.15, -0.1) is 10.2 Å². The lowest BCUT2D eigenvalue weighted by molar-refractivity contribution is 0.474. The van der Waals surface area contributed by atoms with Crippen molar-refractivity contribution in [1.29, 1.82) is 0 Å². The molecule has 0 atom stereocenters. The lowest BCUT2D eigenvalue weighted by Crippen LogP contribution is -2.23. The summed E-state index contributed by atoms with van der Waals surface area (Å²) in [4.78, 5) is 0. The Hall–Kier alpha value is -2.43. The van der Waals surface area contributed by atoms with Crippen molar-refractivity contribution in [1.82, 2.24) is 19.8 Å². The van der Waals surface area contributed by atoms with Gasteiger partial charge < -0.3 is 5.11 Å². The topological polar surface area (TPSA) is 63.3 Å². The summed E-state index contributed by atoms with van der Waals surface area (Å²) in [7, 11) is 0. The van der Waals surface area contributed by atoms with Crippen molar-refractivity contribution in [3.8, 4) is 5.75 Å². The van der Waals surface area contributed by atoms with Crippen LogP contribution in [-0.4, -0.2) is 24.9 Å². The Labute approximate surface area is 128 Å². The molecule has 0 amide bonds. The van der Waals surface area contributed by atoms with Gasteiger partial charge in [-0.1, -0.05) is 12.1 Å². The van der Waals surface area contributed by atoms with E-state index in [0.29, 0.717) is 5.92 Å². The first-order chi connectivity index (χ1) is 10.6. The van der Waals surface area contributed by atoms with Crippen LogP contribution in [0, 0.1) is 0 Å². The Balaban J connectivity index is 1.86. The molecule has 0 radical (unpaired) electrons. The Morgan fingerprint density at radius 2 is 1.82 bits per heavy atom. The molecule has 0 aliphatic heterocycles. The van der Waals surface area contributed by atoms with Crippen LogP contribution >= 0.6 is 0 Å². The van der Waals surface area contributed by atoms with Crippen LogP contribution in [0.5, 0.6) is 5.75 Å². The van der Waals surface area contributed by atoms with Gasteiger partial charge in [-0.25, -0.2) is 0 Å². The van der Waals surface area contributed by atoms with Crippen molar-refractivity contribution in [3.05, 3.63) is 53.5 Å². The number of nitrogens with zero attached hydrogens (tertiary/aromatic N) is 4. The van der Waals surface area contributed by atoms with Crippen molar-refractivity contribution in [3.63, 3.8) is 0 Å². The molecule has 1 aromatic carbocycles. The first-order valence-electron chi connectivity index (χ1n) is 7.57. The van der Waals surface area contributed by atoms with E-state index in [1.807, 2.05) is 22.8 Å². The van der Waals surface area contributed by atoms with E-state index in [9.17, 15) is 5.11 Å². The zero-order chi connectivity index (χ0) is 15.3. The number of rotatable bonds is 3. The van der Waals surface area contributed by atoms with Crippen LogP contribution in [-0.2, 0) is 5.41 Å². The van der Waals surface area contributed by atoms with Crippen molar-refractivity contribution in [2.45, 2.75) is 38.0 Å². The molecular weight excluding hydrogens is 276 g/mol. The summed E-state index contributed by atoms with van der Waals surface area (Å²) in [5, 5.41) is 22.8. The highest BCUT2D eigenvalue weighted by Gasteiger charge is 2.32. The predicted molar refractivity (Wildman–Crippen MR) is 83.0 cm³/mol. The van der Waals surface area contributed by atoms with E-state index in [-0.39, 0.29) is 11.2 Å². The van der Waals surface area contributed by atoms with Crippen molar-refractivity contribution in [2.24, 2.45) is 0 Å². The molecule has 2 aromatic heterocycles. The molecule has 5 heteroatoms. The number of fused-ring (bicyclic) bond motifs is 1. The summed E-state index contributed by atoms with van der Waals surface area (Å²) < 4.78 is 1.86. The first kappa shape index (κ1) is 13.2. The fourth-order valence-corrected chi connectivity index (χ4v) is 2.93. The zero-order valence-electron chi connectivity index (χ0n) is 12.7.